The highest BCUT2D eigenvalue weighted by molar-refractivity contribution is 5.82. The molecule has 3 heteroatoms. The van der Waals surface area contributed by atoms with Crippen LogP contribution in [0.5, 0.6) is 0 Å². The summed E-state index contributed by atoms with van der Waals surface area (Å²) in [6.07, 6.45) is 0. The van der Waals surface area contributed by atoms with E-state index < -0.39 is 0 Å². The van der Waals surface area contributed by atoms with Gasteiger partial charge < -0.3 is 4.90 Å². The number of likely N-dealkylation sites (N-methyl/N-ethyl adjacent to an activating group) is 1. The lowest BCUT2D eigenvalue weighted by Gasteiger charge is -2.03. The first-order valence-corrected chi connectivity index (χ1v) is 2.70. The van der Waals surface area contributed by atoms with E-state index in [-0.39, 0.29) is 11.9 Å². The number of amides is 1. The van der Waals surface area contributed by atoms with Crippen LogP contribution in [0.2, 0.25) is 0 Å². The lowest BCUT2D eigenvalue weighted by atomic mass is 10.3. The third-order valence-electron chi connectivity index (χ3n) is 1.38. The van der Waals surface area contributed by atoms with Gasteiger partial charge in [0.15, 0.2) is 0 Å². The van der Waals surface area contributed by atoms with E-state index >= 15 is 0 Å². The van der Waals surface area contributed by atoms with Crippen molar-refractivity contribution < 1.29 is 4.79 Å². The molecule has 1 rings (SSSR count). The van der Waals surface area contributed by atoms with Crippen LogP contribution >= 0.6 is 0 Å². The van der Waals surface area contributed by atoms with E-state index in [0.717, 1.165) is 0 Å². The first-order chi connectivity index (χ1) is 3.72. The van der Waals surface area contributed by atoms with Gasteiger partial charge in [-0.25, -0.2) is 0 Å². The fourth-order valence-corrected chi connectivity index (χ4v) is 0.770. The van der Waals surface area contributed by atoms with Gasteiger partial charge in [0.2, 0.25) is 5.91 Å². The fourth-order valence-electron chi connectivity index (χ4n) is 0.770. The van der Waals surface area contributed by atoms with Gasteiger partial charge in [0, 0.05) is 7.05 Å². The molecule has 1 fully saturated rings. The molecule has 3 nitrogen and oxygen atoms in total. The summed E-state index contributed by atoms with van der Waals surface area (Å²) in [6, 6.07) is 0.0278. The SMILES string of the molecule is C[C@@H]1NCN(C)C1=O. The van der Waals surface area contributed by atoms with Crippen molar-refractivity contribution in [2.24, 2.45) is 0 Å². The standard InChI is InChI=1S/C5H10N2O/c1-4-5(8)7(2)3-6-4/h4,6H,3H2,1-2H3/t4-/m0/s1. The van der Waals surface area contributed by atoms with Gasteiger partial charge in [-0.15, -0.1) is 0 Å². The van der Waals surface area contributed by atoms with Crippen molar-refractivity contribution in [1.82, 2.24) is 10.2 Å². The fraction of sp³-hybridized carbons (Fsp3) is 0.800. The zero-order chi connectivity index (χ0) is 6.15. The molecule has 0 aromatic heterocycles. The smallest absolute Gasteiger partial charge is 0.240 e. The van der Waals surface area contributed by atoms with E-state index in [1.54, 1.807) is 11.9 Å². The van der Waals surface area contributed by atoms with Gasteiger partial charge in [-0.3, -0.25) is 10.1 Å². The van der Waals surface area contributed by atoms with E-state index in [0.29, 0.717) is 6.67 Å². The molecule has 0 saturated carbocycles. The lowest BCUT2D eigenvalue weighted by molar-refractivity contribution is -0.127. The minimum absolute atomic E-state index is 0.0278. The van der Waals surface area contributed by atoms with E-state index in [1.165, 1.54) is 0 Å². The third kappa shape index (κ3) is 0.690. The molecule has 1 aliphatic heterocycles. The number of rotatable bonds is 0. The molecule has 0 aliphatic carbocycles. The van der Waals surface area contributed by atoms with Crippen molar-refractivity contribution >= 4 is 5.91 Å². The molecular formula is C5H10N2O. The Morgan fingerprint density at radius 2 is 2.50 bits per heavy atom. The van der Waals surface area contributed by atoms with Gasteiger partial charge in [-0.1, -0.05) is 0 Å². The summed E-state index contributed by atoms with van der Waals surface area (Å²) in [6.45, 7) is 2.56. The Morgan fingerprint density at radius 3 is 2.62 bits per heavy atom. The van der Waals surface area contributed by atoms with Crippen LogP contribution in [0.1, 0.15) is 6.92 Å². The van der Waals surface area contributed by atoms with Gasteiger partial charge in [-0.2, -0.15) is 0 Å². The maximum atomic E-state index is 10.8. The molecule has 1 aliphatic rings. The molecule has 0 radical (unpaired) electrons. The summed E-state index contributed by atoms with van der Waals surface area (Å²) < 4.78 is 0. The topological polar surface area (TPSA) is 32.3 Å². The first-order valence-electron chi connectivity index (χ1n) is 2.70. The van der Waals surface area contributed by atoms with Crippen LogP contribution in [0.25, 0.3) is 0 Å². The van der Waals surface area contributed by atoms with Gasteiger partial charge in [0.1, 0.15) is 0 Å². The van der Waals surface area contributed by atoms with E-state index in [4.69, 9.17) is 0 Å². The monoisotopic (exact) mass is 114 g/mol. The molecule has 0 spiro atoms. The number of carbonyl (C=O) groups excluding carboxylic acids is 1. The Labute approximate surface area is 48.7 Å². The minimum Gasteiger partial charge on any atom is -0.332 e. The van der Waals surface area contributed by atoms with E-state index in [2.05, 4.69) is 5.32 Å². The summed E-state index contributed by atoms with van der Waals surface area (Å²) in [5.74, 6) is 0.185. The molecule has 1 saturated heterocycles. The van der Waals surface area contributed by atoms with Gasteiger partial charge in [-0.05, 0) is 6.92 Å². The second-order valence-electron chi connectivity index (χ2n) is 2.12. The highest BCUT2D eigenvalue weighted by atomic mass is 16.2. The maximum absolute atomic E-state index is 10.8. The zero-order valence-electron chi connectivity index (χ0n) is 5.14. The third-order valence-corrected chi connectivity index (χ3v) is 1.38. The maximum Gasteiger partial charge on any atom is 0.240 e. The summed E-state index contributed by atoms with van der Waals surface area (Å²) in [5.41, 5.74) is 0. The highest BCUT2D eigenvalue weighted by Gasteiger charge is 2.22. The summed E-state index contributed by atoms with van der Waals surface area (Å²) in [7, 11) is 1.79. The molecule has 46 valence electrons. The molecule has 0 aromatic rings. The van der Waals surface area contributed by atoms with Crippen molar-refractivity contribution in [3.63, 3.8) is 0 Å². The summed E-state index contributed by atoms with van der Waals surface area (Å²) >= 11 is 0. The molecule has 0 unspecified atom stereocenters. The van der Waals surface area contributed by atoms with Crippen LogP contribution in [-0.4, -0.2) is 30.6 Å². The Hall–Kier alpha value is -0.570. The Kier molecular flexibility index (Phi) is 1.21. The quantitative estimate of drug-likeness (QED) is 0.456. The molecular weight excluding hydrogens is 104 g/mol. The Balaban J connectivity index is 2.57. The minimum atomic E-state index is 0.0278. The van der Waals surface area contributed by atoms with Crippen LogP contribution in [0.3, 0.4) is 0 Å². The second-order valence-corrected chi connectivity index (χ2v) is 2.12. The number of nitrogens with one attached hydrogen (secondary N) is 1. The van der Waals surface area contributed by atoms with Gasteiger partial charge in [0.25, 0.3) is 0 Å². The predicted molar refractivity (Wildman–Crippen MR) is 30.2 cm³/mol. The van der Waals surface area contributed by atoms with Gasteiger partial charge in [0.05, 0.1) is 12.7 Å². The zero-order valence-corrected chi connectivity index (χ0v) is 5.14. The Morgan fingerprint density at radius 1 is 1.88 bits per heavy atom. The molecule has 8 heavy (non-hydrogen) atoms. The number of nitrogens with zero attached hydrogens (tertiary/aromatic N) is 1. The van der Waals surface area contributed by atoms with Crippen LogP contribution in [0.15, 0.2) is 0 Å². The molecule has 1 amide bonds. The van der Waals surface area contributed by atoms with Crippen molar-refractivity contribution in [2.45, 2.75) is 13.0 Å². The average molecular weight is 114 g/mol. The van der Waals surface area contributed by atoms with Crippen molar-refractivity contribution in [3.05, 3.63) is 0 Å². The lowest BCUT2D eigenvalue weighted by Crippen LogP contribution is -2.24. The largest absolute Gasteiger partial charge is 0.332 e. The van der Waals surface area contributed by atoms with Crippen LogP contribution in [-0.2, 0) is 4.79 Å². The van der Waals surface area contributed by atoms with Gasteiger partial charge >= 0.3 is 0 Å². The van der Waals surface area contributed by atoms with Crippen LogP contribution in [0, 0.1) is 0 Å². The normalized spacial score (nSPS) is 29.5. The van der Waals surface area contributed by atoms with Crippen molar-refractivity contribution in [1.29, 1.82) is 0 Å². The number of hydrogen-bond donors (Lipinski definition) is 1. The predicted octanol–water partition coefficient (Wildman–Crippen LogP) is -0.606. The van der Waals surface area contributed by atoms with E-state index in [1.807, 2.05) is 6.92 Å². The average Bonchev–Trinajstić information content (AvgIpc) is 1.98. The molecule has 1 atom stereocenters. The molecule has 0 aromatic carbocycles. The second kappa shape index (κ2) is 1.74. The highest BCUT2D eigenvalue weighted by Crippen LogP contribution is 1.96. The molecule has 0 bridgehead atoms. The summed E-state index contributed by atoms with van der Waals surface area (Å²) in [5, 5.41) is 3.00. The molecule has 1 N–H and O–H groups in total. The van der Waals surface area contributed by atoms with Crippen molar-refractivity contribution in [2.75, 3.05) is 13.7 Å². The van der Waals surface area contributed by atoms with Crippen LogP contribution < -0.4 is 5.32 Å². The van der Waals surface area contributed by atoms with E-state index in [9.17, 15) is 4.79 Å². The molecule has 1 heterocycles. The first kappa shape index (κ1) is 5.56. The van der Waals surface area contributed by atoms with Crippen molar-refractivity contribution in [3.8, 4) is 0 Å². The Bertz CT molecular complexity index is 101. The van der Waals surface area contributed by atoms with Crippen LogP contribution in [0.4, 0.5) is 0 Å². The number of hydrogen-bond acceptors (Lipinski definition) is 2. The number of carbonyl (C=O) groups is 1. The summed E-state index contributed by atoms with van der Waals surface area (Å²) in [4.78, 5) is 12.4.